The van der Waals surface area contributed by atoms with Gasteiger partial charge in [0.05, 0.1) is 11.6 Å². The lowest BCUT2D eigenvalue weighted by atomic mass is 9.90. The van der Waals surface area contributed by atoms with Crippen LogP contribution in [0.1, 0.15) is 31.9 Å². The van der Waals surface area contributed by atoms with Crippen LogP contribution in [0.3, 0.4) is 0 Å². The molecule has 1 aromatic rings. The van der Waals surface area contributed by atoms with Crippen molar-refractivity contribution in [2.45, 2.75) is 26.1 Å². The topological polar surface area (TPSA) is 13.1 Å². The lowest BCUT2D eigenvalue weighted by Crippen LogP contribution is -2.12. The largest absolute Gasteiger partial charge is 0.468 e. The molecule has 0 spiro atoms. The Bertz CT molecular complexity index is 208. The van der Waals surface area contributed by atoms with Gasteiger partial charge >= 0.3 is 0 Å². The van der Waals surface area contributed by atoms with E-state index in [1.165, 1.54) is 0 Å². The molecule has 1 heterocycles. The van der Waals surface area contributed by atoms with Crippen LogP contribution in [0.4, 0.5) is 0 Å². The SMILES string of the molecule is CC(C)(C)C(Cl)c1ccco1. The predicted molar refractivity (Wildman–Crippen MR) is 46.8 cm³/mol. The zero-order valence-corrected chi connectivity index (χ0v) is 7.85. The van der Waals surface area contributed by atoms with E-state index in [0.717, 1.165) is 5.76 Å². The van der Waals surface area contributed by atoms with Gasteiger partial charge in [-0.05, 0) is 17.5 Å². The third kappa shape index (κ3) is 2.00. The Morgan fingerprint density at radius 2 is 2.09 bits per heavy atom. The summed E-state index contributed by atoms with van der Waals surface area (Å²) in [7, 11) is 0. The van der Waals surface area contributed by atoms with Crippen LogP contribution in [-0.2, 0) is 0 Å². The minimum absolute atomic E-state index is 0.0440. The van der Waals surface area contributed by atoms with Gasteiger partial charge in [0.15, 0.2) is 0 Å². The molecule has 2 heteroatoms. The number of rotatable bonds is 1. The molecular formula is C9H13ClO. The Hall–Kier alpha value is -0.430. The molecule has 0 N–H and O–H groups in total. The quantitative estimate of drug-likeness (QED) is 0.590. The van der Waals surface area contributed by atoms with Gasteiger partial charge in [0.25, 0.3) is 0 Å². The minimum Gasteiger partial charge on any atom is -0.468 e. The van der Waals surface area contributed by atoms with E-state index >= 15 is 0 Å². The zero-order chi connectivity index (χ0) is 8.48. The zero-order valence-electron chi connectivity index (χ0n) is 7.10. The smallest absolute Gasteiger partial charge is 0.122 e. The molecule has 0 radical (unpaired) electrons. The first-order chi connectivity index (χ1) is 5.02. The third-order valence-corrected chi connectivity index (χ3v) is 2.42. The normalized spacial score (nSPS) is 14.9. The molecule has 0 saturated heterocycles. The van der Waals surface area contributed by atoms with Crippen LogP contribution in [0.25, 0.3) is 0 Å². The lowest BCUT2D eigenvalue weighted by molar-refractivity contribution is 0.348. The maximum absolute atomic E-state index is 6.13. The van der Waals surface area contributed by atoms with Gasteiger partial charge in [-0.2, -0.15) is 0 Å². The van der Waals surface area contributed by atoms with Crippen LogP contribution >= 0.6 is 11.6 Å². The highest BCUT2D eigenvalue weighted by Gasteiger charge is 2.25. The molecule has 0 aromatic carbocycles. The lowest BCUT2D eigenvalue weighted by Gasteiger charge is -2.22. The van der Waals surface area contributed by atoms with Crippen molar-refractivity contribution in [3.63, 3.8) is 0 Å². The second-order valence-corrected chi connectivity index (χ2v) is 4.18. The molecule has 62 valence electrons. The predicted octanol–water partition coefficient (Wildman–Crippen LogP) is 3.61. The summed E-state index contributed by atoms with van der Waals surface area (Å²) < 4.78 is 5.19. The van der Waals surface area contributed by atoms with Gasteiger partial charge in [-0.3, -0.25) is 0 Å². The summed E-state index contributed by atoms with van der Waals surface area (Å²) in [5.41, 5.74) is 0.0550. The van der Waals surface area contributed by atoms with E-state index < -0.39 is 0 Å². The summed E-state index contributed by atoms with van der Waals surface area (Å²) in [5.74, 6) is 0.846. The summed E-state index contributed by atoms with van der Waals surface area (Å²) in [5, 5.41) is -0.0440. The monoisotopic (exact) mass is 172 g/mol. The second-order valence-electron chi connectivity index (χ2n) is 3.74. The van der Waals surface area contributed by atoms with Gasteiger partial charge in [0.1, 0.15) is 5.76 Å². The Morgan fingerprint density at radius 1 is 1.45 bits per heavy atom. The molecule has 11 heavy (non-hydrogen) atoms. The second kappa shape index (κ2) is 2.90. The van der Waals surface area contributed by atoms with Crippen LogP contribution in [0.5, 0.6) is 0 Å². The van der Waals surface area contributed by atoms with E-state index in [1.54, 1.807) is 6.26 Å². The first kappa shape index (κ1) is 8.66. The molecule has 0 saturated carbocycles. The fourth-order valence-electron chi connectivity index (χ4n) is 0.862. The van der Waals surface area contributed by atoms with Gasteiger partial charge in [0.2, 0.25) is 0 Å². The molecule has 0 amide bonds. The molecule has 1 rings (SSSR count). The Balaban J connectivity index is 2.78. The maximum Gasteiger partial charge on any atom is 0.122 e. The molecule has 0 aliphatic heterocycles. The Kier molecular flexibility index (Phi) is 2.28. The molecule has 0 bridgehead atoms. The van der Waals surface area contributed by atoms with Crippen molar-refractivity contribution in [1.82, 2.24) is 0 Å². The standard InChI is InChI=1S/C9H13ClO/c1-9(2,3)8(10)7-5-4-6-11-7/h4-6,8H,1-3H3. The van der Waals surface area contributed by atoms with Crippen LogP contribution < -0.4 is 0 Å². The van der Waals surface area contributed by atoms with Crippen molar-refractivity contribution in [3.8, 4) is 0 Å². The van der Waals surface area contributed by atoms with Crippen molar-refractivity contribution in [3.05, 3.63) is 24.2 Å². The van der Waals surface area contributed by atoms with Crippen LogP contribution in [0.15, 0.2) is 22.8 Å². The molecule has 1 nitrogen and oxygen atoms in total. The summed E-state index contributed by atoms with van der Waals surface area (Å²) in [6.45, 7) is 6.27. The van der Waals surface area contributed by atoms with Crippen LogP contribution in [-0.4, -0.2) is 0 Å². The van der Waals surface area contributed by atoms with Crippen molar-refractivity contribution < 1.29 is 4.42 Å². The van der Waals surface area contributed by atoms with Gasteiger partial charge in [-0.15, -0.1) is 11.6 Å². The molecule has 1 atom stereocenters. The molecule has 0 aliphatic carbocycles. The van der Waals surface area contributed by atoms with Gasteiger partial charge < -0.3 is 4.42 Å². The summed E-state index contributed by atoms with van der Waals surface area (Å²) >= 11 is 6.13. The van der Waals surface area contributed by atoms with E-state index in [4.69, 9.17) is 16.0 Å². The average Bonchev–Trinajstić information content (AvgIpc) is 2.34. The number of hydrogen-bond acceptors (Lipinski definition) is 1. The summed E-state index contributed by atoms with van der Waals surface area (Å²) in [6.07, 6.45) is 1.65. The van der Waals surface area contributed by atoms with Crippen LogP contribution in [0, 0.1) is 5.41 Å². The first-order valence-corrected chi connectivity index (χ1v) is 4.13. The molecule has 1 unspecified atom stereocenters. The van der Waals surface area contributed by atoms with Gasteiger partial charge in [-0.1, -0.05) is 20.8 Å². The fraction of sp³-hybridized carbons (Fsp3) is 0.556. The molecule has 0 fully saturated rings. The van der Waals surface area contributed by atoms with Crippen molar-refractivity contribution in [2.24, 2.45) is 5.41 Å². The molecule has 1 aromatic heterocycles. The van der Waals surface area contributed by atoms with Crippen molar-refractivity contribution in [2.75, 3.05) is 0 Å². The highest BCUT2D eigenvalue weighted by atomic mass is 35.5. The Morgan fingerprint density at radius 3 is 2.45 bits per heavy atom. The fourth-order valence-corrected chi connectivity index (χ4v) is 0.986. The summed E-state index contributed by atoms with van der Waals surface area (Å²) in [4.78, 5) is 0. The highest BCUT2D eigenvalue weighted by Crippen LogP contribution is 2.38. The first-order valence-electron chi connectivity index (χ1n) is 3.69. The van der Waals surface area contributed by atoms with E-state index in [-0.39, 0.29) is 10.8 Å². The van der Waals surface area contributed by atoms with Gasteiger partial charge in [0, 0.05) is 0 Å². The molecular weight excluding hydrogens is 160 g/mol. The minimum atomic E-state index is -0.0440. The number of alkyl halides is 1. The summed E-state index contributed by atoms with van der Waals surface area (Å²) in [6, 6.07) is 3.76. The number of furan rings is 1. The van der Waals surface area contributed by atoms with Crippen molar-refractivity contribution >= 4 is 11.6 Å². The highest BCUT2D eigenvalue weighted by molar-refractivity contribution is 6.21. The number of halogens is 1. The van der Waals surface area contributed by atoms with E-state index in [0.29, 0.717) is 0 Å². The van der Waals surface area contributed by atoms with Crippen LogP contribution in [0.2, 0.25) is 0 Å². The van der Waals surface area contributed by atoms with Crippen molar-refractivity contribution in [1.29, 1.82) is 0 Å². The average molecular weight is 173 g/mol. The Labute approximate surface area is 72.4 Å². The van der Waals surface area contributed by atoms with E-state index in [9.17, 15) is 0 Å². The maximum atomic E-state index is 6.13. The third-order valence-electron chi connectivity index (χ3n) is 1.55. The van der Waals surface area contributed by atoms with Gasteiger partial charge in [-0.25, -0.2) is 0 Å². The molecule has 0 aliphatic rings. The number of hydrogen-bond donors (Lipinski definition) is 0. The van der Waals surface area contributed by atoms with E-state index in [2.05, 4.69) is 20.8 Å². The van der Waals surface area contributed by atoms with E-state index in [1.807, 2.05) is 12.1 Å².